The molecule has 0 unspecified atom stereocenters. The fourth-order valence-electron chi connectivity index (χ4n) is 3.08. The lowest BCUT2D eigenvalue weighted by Crippen LogP contribution is -2.41. The van der Waals surface area contributed by atoms with Crippen molar-refractivity contribution in [3.8, 4) is 0 Å². The first kappa shape index (κ1) is 17.4. The Kier molecular flexibility index (Phi) is 5.99. The van der Waals surface area contributed by atoms with Crippen LogP contribution < -0.4 is 10.6 Å². The summed E-state index contributed by atoms with van der Waals surface area (Å²) in [5.74, 6) is 0.491. The number of hydrogen-bond acceptors (Lipinski definition) is 3. The zero-order valence-electron chi connectivity index (χ0n) is 14.1. The first-order valence-electron chi connectivity index (χ1n) is 8.75. The Balaban J connectivity index is 1.64. The summed E-state index contributed by atoms with van der Waals surface area (Å²) in [5.41, 5.74) is 2.09. The standard InChI is InChI=1S/C20H23F2N3/c21-17-8-4-15(5-9-17)19(16-6-10-18(22)11-7-16)3-1-12-23-20-24-13-2-14-25-20/h4-11,19H,1-3,12-14H2,(H2,23,24,25). The van der Waals surface area contributed by atoms with Crippen molar-refractivity contribution in [2.45, 2.75) is 25.2 Å². The highest BCUT2D eigenvalue weighted by atomic mass is 19.1. The Bertz CT molecular complexity index is 650. The van der Waals surface area contributed by atoms with Crippen LogP contribution in [0.15, 0.2) is 53.5 Å². The Morgan fingerprint density at radius 3 is 2.08 bits per heavy atom. The van der Waals surface area contributed by atoms with Crippen molar-refractivity contribution in [3.63, 3.8) is 0 Å². The number of guanidine groups is 1. The van der Waals surface area contributed by atoms with Crippen LogP contribution in [0.2, 0.25) is 0 Å². The fourth-order valence-corrected chi connectivity index (χ4v) is 3.08. The van der Waals surface area contributed by atoms with E-state index in [-0.39, 0.29) is 17.6 Å². The van der Waals surface area contributed by atoms with Crippen LogP contribution in [-0.4, -0.2) is 25.6 Å². The van der Waals surface area contributed by atoms with Crippen molar-refractivity contribution >= 4 is 5.96 Å². The van der Waals surface area contributed by atoms with E-state index in [1.165, 1.54) is 24.3 Å². The molecule has 1 aliphatic rings. The molecule has 3 rings (SSSR count). The Hall–Kier alpha value is -2.43. The summed E-state index contributed by atoms with van der Waals surface area (Å²) in [6.45, 7) is 2.63. The molecular weight excluding hydrogens is 320 g/mol. The van der Waals surface area contributed by atoms with Gasteiger partial charge in [0.05, 0.1) is 0 Å². The Morgan fingerprint density at radius 1 is 0.960 bits per heavy atom. The average Bonchev–Trinajstić information content (AvgIpc) is 2.65. The molecule has 25 heavy (non-hydrogen) atoms. The van der Waals surface area contributed by atoms with E-state index in [0.717, 1.165) is 56.0 Å². The summed E-state index contributed by atoms with van der Waals surface area (Å²) in [6, 6.07) is 13.1. The van der Waals surface area contributed by atoms with E-state index in [1.807, 2.05) is 24.3 Å². The van der Waals surface area contributed by atoms with Crippen LogP contribution in [0.3, 0.4) is 0 Å². The van der Waals surface area contributed by atoms with Gasteiger partial charge in [0.2, 0.25) is 0 Å². The maximum absolute atomic E-state index is 13.2. The van der Waals surface area contributed by atoms with Gasteiger partial charge in [0.25, 0.3) is 0 Å². The molecule has 2 N–H and O–H groups in total. The highest BCUT2D eigenvalue weighted by molar-refractivity contribution is 5.80. The van der Waals surface area contributed by atoms with Gasteiger partial charge in [-0.2, -0.15) is 0 Å². The summed E-state index contributed by atoms with van der Waals surface area (Å²) in [7, 11) is 0. The van der Waals surface area contributed by atoms with Crippen molar-refractivity contribution in [1.82, 2.24) is 10.6 Å². The first-order chi connectivity index (χ1) is 12.2. The molecule has 3 nitrogen and oxygen atoms in total. The molecular formula is C20H23F2N3. The number of hydrogen-bond donors (Lipinski definition) is 2. The van der Waals surface area contributed by atoms with Crippen LogP contribution in [0.4, 0.5) is 8.78 Å². The normalized spacial score (nSPS) is 14.1. The summed E-state index contributed by atoms with van der Waals surface area (Å²) < 4.78 is 26.5. The zero-order valence-corrected chi connectivity index (χ0v) is 14.1. The summed E-state index contributed by atoms with van der Waals surface area (Å²) >= 11 is 0. The SMILES string of the molecule is Fc1ccc(C(CCCNC2=NCCCN2)c2ccc(F)cc2)cc1. The first-order valence-corrected chi connectivity index (χ1v) is 8.75. The van der Waals surface area contributed by atoms with Crippen LogP contribution in [-0.2, 0) is 0 Å². The number of rotatable bonds is 6. The molecule has 5 heteroatoms. The molecule has 0 saturated heterocycles. The maximum Gasteiger partial charge on any atom is 0.191 e. The topological polar surface area (TPSA) is 36.4 Å². The number of nitrogens with zero attached hydrogens (tertiary/aromatic N) is 1. The van der Waals surface area contributed by atoms with E-state index in [0.29, 0.717) is 0 Å². The van der Waals surface area contributed by atoms with Crippen molar-refractivity contribution in [2.75, 3.05) is 19.6 Å². The molecule has 132 valence electrons. The number of nitrogens with one attached hydrogen (secondary N) is 2. The molecule has 0 fully saturated rings. The fraction of sp³-hybridized carbons (Fsp3) is 0.350. The van der Waals surface area contributed by atoms with E-state index >= 15 is 0 Å². The molecule has 1 heterocycles. The van der Waals surface area contributed by atoms with E-state index < -0.39 is 0 Å². The van der Waals surface area contributed by atoms with Crippen molar-refractivity contribution in [2.24, 2.45) is 4.99 Å². The van der Waals surface area contributed by atoms with Gasteiger partial charge in [-0.15, -0.1) is 0 Å². The highest BCUT2D eigenvalue weighted by Gasteiger charge is 2.14. The average molecular weight is 343 g/mol. The van der Waals surface area contributed by atoms with Gasteiger partial charge < -0.3 is 10.6 Å². The molecule has 0 aromatic heterocycles. The van der Waals surface area contributed by atoms with Crippen molar-refractivity contribution < 1.29 is 8.78 Å². The molecule has 0 bridgehead atoms. The number of benzene rings is 2. The summed E-state index contributed by atoms with van der Waals surface area (Å²) in [6.07, 6.45) is 2.89. The smallest absolute Gasteiger partial charge is 0.191 e. The van der Waals surface area contributed by atoms with E-state index in [9.17, 15) is 8.78 Å². The molecule has 0 radical (unpaired) electrons. The minimum atomic E-state index is -0.246. The van der Waals surface area contributed by atoms with Gasteiger partial charge in [-0.3, -0.25) is 4.99 Å². The third kappa shape index (κ3) is 5.02. The quantitative estimate of drug-likeness (QED) is 0.783. The summed E-state index contributed by atoms with van der Waals surface area (Å²) in [4.78, 5) is 4.39. The third-order valence-corrected chi connectivity index (χ3v) is 4.40. The van der Waals surface area contributed by atoms with Gasteiger partial charge in [0.15, 0.2) is 5.96 Å². The molecule has 0 amide bonds. The van der Waals surface area contributed by atoms with Crippen molar-refractivity contribution in [3.05, 3.63) is 71.3 Å². The summed E-state index contributed by atoms with van der Waals surface area (Å²) in [5, 5.41) is 6.56. The van der Waals surface area contributed by atoms with Gasteiger partial charge >= 0.3 is 0 Å². The molecule has 0 aliphatic carbocycles. The van der Waals surface area contributed by atoms with Gasteiger partial charge in [0, 0.05) is 25.6 Å². The number of aliphatic imine (C=N–C) groups is 1. The van der Waals surface area contributed by atoms with Crippen LogP contribution in [0.1, 0.15) is 36.3 Å². The minimum absolute atomic E-state index is 0.115. The molecule has 0 spiro atoms. The van der Waals surface area contributed by atoms with E-state index in [4.69, 9.17) is 0 Å². The molecule has 0 saturated carbocycles. The van der Waals surface area contributed by atoms with Crippen molar-refractivity contribution in [1.29, 1.82) is 0 Å². The lowest BCUT2D eigenvalue weighted by molar-refractivity contribution is 0.612. The van der Waals surface area contributed by atoms with E-state index in [1.54, 1.807) is 0 Å². The maximum atomic E-state index is 13.2. The van der Waals surface area contributed by atoms with Crippen LogP contribution in [0.25, 0.3) is 0 Å². The van der Waals surface area contributed by atoms with Crippen LogP contribution >= 0.6 is 0 Å². The minimum Gasteiger partial charge on any atom is -0.356 e. The molecule has 2 aromatic carbocycles. The highest BCUT2D eigenvalue weighted by Crippen LogP contribution is 2.29. The Morgan fingerprint density at radius 2 is 1.56 bits per heavy atom. The second-order valence-corrected chi connectivity index (χ2v) is 6.24. The van der Waals surface area contributed by atoms with E-state index in [2.05, 4.69) is 15.6 Å². The van der Waals surface area contributed by atoms with Gasteiger partial charge in [0.1, 0.15) is 11.6 Å². The van der Waals surface area contributed by atoms with Gasteiger partial charge in [-0.05, 0) is 54.7 Å². The zero-order chi connectivity index (χ0) is 17.5. The predicted molar refractivity (Wildman–Crippen MR) is 96.8 cm³/mol. The lowest BCUT2D eigenvalue weighted by Gasteiger charge is -2.20. The van der Waals surface area contributed by atoms with Gasteiger partial charge in [-0.1, -0.05) is 24.3 Å². The molecule has 0 atom stereocenters. The lowest BCUT2D eigenvalue weighted by atomic mass is 9.87. The second-order valence-electron chi connectivity index (χ2n) is 6.24. The van der Waals surface area contributed by atoms with Gasteiger partial charge in [-0.25, -0.2) is 8.78 Å². The van der Waals surface area contributed by atoms with Crippen LogP contribution in [0.5, 0.6) is 0 Å². The molecule has 1 aliphatic heterocycles. The van der Waals surface area contributed by atoms with Crippen LogP contribution in [0, 0.1) is 11.6 Å². The second kappa shape index (κ2) is 8.60. The molecule has 2 aromatic rings. The predicted octanol–water partition coefficient (Wildman–Crippen LogP) is 3.82. The number of halogens is 2. The monoisotopic (exact) mass is 343 g/mol. The largest absolute Gasteiger partial charge is 0.356 e. The third-order valence-electron chi connectivity index (χ3n) is 4.40. The Labute approximate surface area is 147 Å².